The molecule has 2 atom stereocenters. The van der Waals surface area contributed by atoms with Crippen molar-refractivity contribution in [2.75, 3.05) is 13.1 Å². The third-order valence-corrected chi connectivity index (χ3v) is 5.47. The topological polar surface area (TPSA) is 40.5 Å². The summed E-state index contributed by atoms with van der Waals surface area (Å²) >= 11 is 1.88. The summed E-state index contributed by atoms with van der Waals surface area (Å²) in [5.74, 6) is -0.304. The summed E-state index contributed by atoms with van der Waals surface area (Å²) in [4.78, 5) is 15.0. The van der Waals surface area contributed by atoms with E-state index in [0.29, 0.717) is 18.4 Å². The highest BCUT2D eigenvalue weighted by Gasteiger charge is 2.31. The van der Waals surface area contributed by atoms with E-state index in [2.05, 4.69) is 16.3 Å². The van der Waals surface area contributed by atoms with Gasteiger partial charge in [0.2, 0.25) is 0 Å². The lowest BCUT2D eigenvalue weighted by Crippen LogP contribution is -2.39. The molecule has 0 aromatic carbocycles. The van der Waals surface area contributed by atoms with Gasteiger partial charge in [-0.1, -0.05) is 0 Å². The van der Waals surface area contributed by atoms with Gasteiger partial charge in [0.25, 0.3) is 0 Å². The van der Waals surface area contributed by atoms with Gasteiger partial charge < -0.3 is 5.11 Å². The van der Waals surface area contributed by atoms with E-state index >= 15 is 0 Å². The van der Waals surface area contributed by atoms with Gasteiger partial charge in [-0.3, -0.25) is 9.69 Å². The van der Waals surface area contributed by atoms with Crippen LogP contribution >= 0.6 is 11.3 Å². The van der Waals surface area contributed by atoms with E-state index in [0.717, 1.165) is 25.9 Å². The van der Waals surface area contributed by atoms with Crippen molar-refractivity contribution in [2.24, 2.45) is 5.92 Å². The zero-order valence-corrected chi connectivity index (χ0v) is 12.0. The number of carboxylic acids is 1. The molecule has 3 rings (SSSR count). The molecule has 0 spiro atoms. The van der Waals surface area contributed by atoms with Gasteiger partial charge in [0, 0.05) is 23.9 Å². The molecule has 2 unspecified atom stereocenters. The molecule has 0 radical (unpaired) electrons. The first-order valence-corrected chi connectivity index (χ1v) is 8.14. The minimum Gasteiger partial charge on any atom is -0.481 e. The lowest BCUT2D eigenvalue weighted by Gasteiger charge is -2.39. The first kappa shape index (κ1) is 13.1. The van der Waals surface area contributed by atoms with Crippen molar-refractivity contribution in [1.29, 1.82) is 0 Å². The van der Waals surface area contributed by atoms with Gasteiger partial charge in [0.1, 0.15) is 0 Å². The smallest absolute Gasteiger partial charge is 0.303 e. The Bertz CT molecular complexity index is 457. The number of hydrogen-bond donors (Lipinski definition) is 1. The quantitative estimate of drug-likeness (QED) is 0.922. The van der Waals surface area contributed by atoms with Crippen molar-refractivity contribution in [1.82, 2.24) is 4.90 Å². The highest BCUT2D eigenvalue weighted by Crippen LogP contribution is 2.39. The SMILES string of the molecule is O=C(O)CC1CCCN(C2CCCc3sccc32)C1. The second kappa shape index (κ2) is 5.63. The van der Waals surface area contributed by atoms with Gasteiger partial charge in [0.05, 0.1) is 0 Å². The summed E-state index contributed by atoms with van der Waals surface area (Å²) in [6, 6.07) is 2.83. The van der Waals surface area contributed by atoms with E-state index in [1.54, 1.807) is 4.88 Å². The number of thiophene rings is 1. The van der Waals surface area contributed by atoms with Gasteiger partial charge in [-0.2, -0.15) is 0 Å². The third-order valence-electron chi connectivity index (χ3n) is 4.47. The minimum absolute atomic E-state index is 0.333. The number of nitrogens with zero attached hydrogens (tertiary/aromatic N) is 1. The lowest BCUT2D eigenvalue weighted by atomic mass is 9.88. The zero-order chi connectivity index (χ0) is 13.2. The number of aryl methyl sites for hydroxylation is 1. The Kier molecular flexibility index (Phi) is 3.89. The monoisotopic (exact) mass is 279 g/mol. The van der Waals surface area contributed by atoms with Crippen LogP contribution in [-0.4, -0.2) is 29.1 Å². The number of rotatable bonds is 3. The van der Waals surface area contributed by atoms with Crippen molar-refractivity contribution in [3.05, 3.63) is 21.9 Å². The van der Waals surface area contributed by atoms with Crippen molar-refractivity contribution in [2.45, 2.75) is 44.6 Å². The van der Waals surface area contributed by atoms with Crippen LogP contribution in [0.2, 0.25) is 0 Å². The molecule has 1 fully saturated rings. The summed E-state index contributed by atoms with van der Waals surface area (Å²) in [6.07, 6.45) is 6.30. The number of fused-ring (bicyclic) bond motifs is 1. The van der Waals surface area contributed by atoms with Crippen LogP contribution in [0.25, 0.3) is 0 Å². The van der Waals surface area contributed by atoms with Gasteiger partial charge in [-0.15, -0.1) is 11.3 Å². The zero-order valence-electron chi connectivity index (χ0n) is 11.2. The molecule has 1 aromatic rings. The number of likely N-dealkylation sites (tertiary alicyclic amines) is 1. The molecule has 1 saturated heterocycles. The van der Waals surface area contributed by atoms with E-state index < -0.39 is 5.97 Å². The van der Waals surface area contributed by atoms with Crippen LogP contribution in [0, 0.1) is 5.92 Å². The van der Waals surface area contributed by atoms with Crippen LogP contribution in [-0.2, 0) is 11.2 Å². The van der Waals surface area contributed by atoms with Gasteiger partial charge >= 0.3 is 5.97 Å². The van der Waals surface area contributed by atoms with Crippen LogP contribution in [0.3, 0.4) is 0 Å². The molecule has 0 saturated carbocycles. The summed E-state index contributed by atoms with van der Waals surface area (Å²) < 4.78 is 0. The molecule has 2 heterocycles. The minimum atomic E-state index is -0.647. The summed E-state index contributed by atoms with van der Waals surface area (Å²) in [5.41, 5.74) is 1.52. The summed E-state index contributed by atoms with van der Waals surface area (Å²) in [6.45, 7) is 2.10. The largest absolute Gasteiger partial charge is 0.481 e. The first-order valence-electron chi connectivity index (χ1n) is 7.26. The molecule has 0 amide bonds. The Morgan fingerprint density at radius 2 is 2.32 bits per heavy atom. The predicted molar refractivity (Wildman–Crippen MR) is 76.5 cm³/mol. The average Bonchev–Trinajstić information content (AvgIpc) is 2.86. The van der Waals surface area contributed by atoms with E-state index in [1.807, 2.05) is 11.3 Å². The Morgan fingerprint density at radius 1 is 1.42 bits per heavy atom. The highest BCUT2D eigenvalue weighted by atomic mass is 32.1. The van der Waals surface area contributed by atoms with Gasteiger partial charge in [-0.05, 0) is 61.6 Å². The van der Waals surface area contributed by atoms with Gasteiger partial charge in [0.15, 0.2) is 0 Å². The molecular formula is C15H21NO2S. The Morgan fingerprint density at radius 3 is 3.16 bits per heavy atom. The molecule has 19 heavy (non-hydrogen) atoms. The van der Waals surface area contributed by atoms with Crippen LogP contribution in [0.15, 0.2) is 11.4 Å². The van der Waals surface area contributed by atoms with Crippen molar-refractivity contribution < 1.29 is 9.90 Å². The highest BCUT2D eigenvalue weighted by molar-refractivity contribution is 7.10. The fourth-order valence-electron chi connectivity index (χ4n) is 3.64. The standard InChI is InChI=1S/C15H21NO2S/c17-15(18)9-11-3-2-7-16(10-11)13-4-1-5-14-12(13)6-8-19-14/h6,8,11,13H,1-5,7,9-10H2,(H,17,18). The number of aliphatic carboxylic acids is 1. The predicted octanol–water partition coefficient (Wildman–Crippen LogP) is 3.31. The van der Waals surface area contributed by atoms with E-state index in [4.69, 9.17) is 5.11 Å². The van der Waals surface area contributed by atoms with Crippen LogP contribution in [0.4, 0.5) is 0 Å². The molecule has 1 aliphatic heterocycles. The Labute approximate surface area is 118 Å². The number of hydrogen-bond acceptors (Lipinski definition) is 3. The molecule has 1 aliphatic carbocycles. The summed E-state index contributed by atoms with van der Waals surface area (Å²) in [5, 5.41) is 11.2. The first-order chi connectivity index (χ1) is 9.24. The molecule has 3 nitrogen and oxygen atoms in total. The molecule has 1 aromatic heterocycles. The van der Waals surface area contributed by atoms with Crippen molar-refractivity contribution in [3.63, 3.8) is 0 Å². The number of carboxylic acid groups (broad SMARTS) is 1. The van der Waals surface area contributed by atoms with E-state index in [-0.39, 0.29) is 0 Å². The third kappa shape index (κ3) is 2.84. The molecule has 0 bridgehead atoms. The van der Waals surface area contributed by atoms with Crippen molar-refractivity contribution in [3.8, 4) is 0 Å². The maximum absolute atomic E-state index is 10.9. The number of piperidine rings is 1. The molecule has 2 aliphatic rings. The fraction of sp³-hybridized carbons (Fsp3) is 0.667. The van der Waals surface area contributed by atoms with E-state index in [9.17, 15) is 4.79 Å². The maximum Gasteiger partial charge on any atom is 0.303 e. The fourth-order valence-corrected chi connectivity index (χ4v) is 4.62. The average molecular weight is 279 g/mol. The molecular weight excluding hydrogens is 258 g/mol. The molecule has 104 valence electrons. The number of carbonyl (C=O) groups is 1. The van der Waals surface area contributed by atoms with Crippen LogP contribution in [0.5, 0.6) is 0 Å². The molecule has 1 N–H and O–H groups in total. The Hall–Kier alpha value is -0.870. The Balaban J connectivity index is 1.71. The van der Waals surface area contributed by atoms with Gasteiger partial charge in [-0.25, -0.2) is 0 Å². The second-order valence-corrected chi connectivity index (χ2v) is 6.81. The van der Waals surface area contributed by atoms with E-state index in [1.165, 1.54) is 24.8 Å². The summed E-state index contributed by atoms with van der Waals surface area (Å²) in [7, 11) is 0. The van der Waals surface area contributed by atoms with Crippen LogP contribution < -0.4 is 0 Å². The lowest BCUT2D eigenvalue weighted by molar-refractivity contribution is -0.138. The maximum atomic E-state index is 10.9. The second-order valence-electron chi connectivity index (χ2n) is 5.81. The van der Waals surface area contributed by atoms with Crippen molar-refractivity contribution >= 4 is 17.3 Å². The molecule has 4 heteroatoms. The van der Waals surface area contributed by atoms with Crippen LogP contribution in [0.1, 0.15) is 48.6 Å². The normalized spacial score (nSPS) is 28.0.